The molecule has 2 aromatic heterocycles. The lowest BCUT2D eigenvalue weighted by molar-refractivity contribution is 0.0702. The number of amides is 1. The van der Waals surface area contributed by atoms with Crippen molar-refractivity contribution in [3.8, 4) is 11.8 Å². The molecule has 2 aromatic rings. The third kappa shape index (κ3) is 2.72. The predicted octanol–water partition coefficient (Wildman–Crippen LogP) is 4.25. The Balaban J connectivity index is 2.07. The van der Waals surface area contributed by atoms with Gasteiger partial charge in [0.1, 0.15) is 21.8 Å². The summed E-state index contributed by atoms with van der Waals surface area (Å²) in [7, 11) is 0. The van der Waals surface area contributed by atoms with Gasteiger partial charge in [-0.15, -0.1) is 11.3 Å². The first-order valence-electron chi connectivity index (χ1n) is 7.68. The van der Waals surface area contributed by atoms with Crippen molar-refractivity contribution in [2.24, 2.45) is 5.41 Å². The largest absolute Gasteiger partial charge is 0.465 e. The third-order valence-corrected chi connectivity index (χ3v) is 5.79. The molecule has 0 aliphatic carbocycles. The van der Waals surface area contributed by atoms with Gasteiger partial charge in [0.05, 0.1) is 10.3 Å². The molecule has 0 bridgehead atoms. The summed E-state index contributed by atoms with van der Waals surface area (Å²) in [6.45, 7) is 6.63. The number of rotatable bonds is 0. The van der Waals surface area contributed by atoms with Crippen LogP contribution < -0.4 is 0 Å². The topological polar surface area (TPSA) is 66.3 Å². The van der Waals surface area contributed by atoms with Crippen LogP contribution in [-0.2, 0) is 0 Å². The van der Waals surface area contributed by atoms with Crippen molar-refractivity contribution in [1.82, 2.24) is 14.9 Å². The number of aromatic nitrogens is 2. The lowest BCUT2D eigenvalue weighted by Crippen LogP contribution is -2.54. The Morgan fingerprint density at radius 1 is 1.46 bits per heavy atom. The lowest BCUT2D eigenvalue weighted by atomic mass is 9.72. The third-order valence-electron chi connectivity index (χ3n) is 4.53. The highest BCUT2D eigenvalue weighted by atomic mass is 35.5. The second-order valence-electron chi connectivity index (χ2n) is 6.89. The minimum absolute atomic E-state index is 0.289. The van der Waals surface area contributed by atoms with E-state index in [-0.39, 0.29) is 5.41 Å². The van der Waals surface area contributed by atoms with E-state index in [4.69, 9.17) is 11.6 Å². The van der Waals surface area contributed by atoms with E-state index in [2.05, 4.69) is 21.8 Å². The van der Waals surface area contributed by atoms with Gasteiger partial charge in [0, 0.05) is 6.54 Å². The number of hydrogen-bond donors (Lipinski definition) is 1. The van der Waals surface area contributed by atoms with Crippen molar-refractivity contribution in [2.45, 2.75) is 39.2 Å². The number of carbonyl (C=O) groups is 1. The molecule has 0 radical (unpaired) electrons. The zero-order valence-electron chi connectivity index (χ0n) is 13.8. The van der Waals surface area contributed by atoms with Crippen LogP contribution in [0.5, 0.6) is 0 Å². The predicted molar refractivity (Wildman–Crippen MR) is 95.5 cm³/mol. The smallest absolute Gasteiger partial charge is 0.408 e. The molecule has 0 saturated carbocycles. The van der Waals surface area contributed by atoms with E-state index in [1.807, 2.05) is 26.8 Å². The van der Waals surface area contributed by atoms with E-state index >= 15 is 0 Å². The van der Waals surface area contributed by atoms with Crippen molar-refractivity contribution in [1.29, 1.82) is 0 Å². The molecular weight excluding hydrogens is 346 g/mol. The fraction of sp³-hybridized carbons (Fsp3) is 0.471. The van der Waals surface area contributed by atoms with Gasteiger partial charge in [0.25, 0.3) is 0 Å². The van der Waals surface area contributed by atoms with Gasteiger partial charge in [-0.05, 0) is 24.3 Å². The molecule has 1 aliphatic heterocycles. The van der Waals surface area contributed by atoms with Crippen LogP contribution in [0.2, 0.25) is 5.15 Å². The standard InChI is InChI=1S/C17H18ClN3O2S/c1-16(2,3)17(6-4-8-21(17)15(22)23)7-5-11-9-12-13(18)19-10-20-14(12)24-11/h9-10H,4,6,8H2,1-3H3,(H,22,23)/t17-/m0/s1. The highest BCUT2D eigenvalue weighted by Crippen LogP contribution is 2.43. The lowest BCUT2D eigenvalue weighted by Gasteiger charge is -2.43. The van der Waals surface area contributed by atoms with Crippen molar-refractivity contribution in [2.75, 3.05) is 6.54 Å². The Bertz CT molecular complexity index is 862. The molecule has 1 fully saturated rings. The van der Waals surface area contributed by atoms with Gasteiger partial charge in [-0.3, -0.25) is 4.90 Å². The van der Waals surface area contributed by atoms with Crippen molar-refractivity contribution >= 4 is 39.2 Å². The first kappa shape index (κ1) is 17.0. The minimum atomic E-state index is -0.915. The van der Waals surface area contributed by atoms with Gasteiger partial charge < -0.3 is 5.11 Å². The molecule has 7 heteroatoms. The van der Waals surface area contributed by atoms with Gasteiger partial charge >= 0.3 is 6.09 Å². The Kier molecular flexibility index (Phi) is 4.18. The van der Waals surface area contributed by atoms with Crippen molar-refractivity contribution in [3.63, 3.8) is 0 Å². The average Bonchev–Trinajstić information content (AvgIpc) is 3.09. The number of nitrogens with zero attached hydrogens (tertiary/aromatic N) is 3. The highest BCUT2D eigenvalue weighted by molar-refractivity contribution is 7.19. The number of hydrogen-bond acceptors (Lipinski definition) is 4. The van der Waals surface area contributed by atoms with Crippen LogP contribution in [0.4, 0.5) is 4.79 Å². The van der Waals surface area contributed by atoms with E-state index < -0.39 is 11.6 Å². The number of halogens is 1. The molecule has 1 aliphatic rings. The molecule has 24 heavy (non-hydrogen) atoms. The molecule has 0 aromatic carbocycles. The molecule has 3 heterocycles. The Morgan fingerprint density at radius 2 is 2.21 bits per heavy atom. The Labute approximate surface area is 149 Å². The number of likely N-dealkylation sites (tertiary alicyclic amines) is 1. The summed E-state index contributed by atoms with van der Waals surface area (Å²) >= 11 is 7.52. The highest BCUT2D eigenvalue weighted by Gasteiger charge is 2.51. The second kappa shape index (κ2) is 5.91. The summed E-state index contributed by atoms with van der Waals surface area (Å²) in [5.74, 6) is 6.45. The van der Waals surface area contributed by atoms with Gasteiger partial charge in [0.15, 0.2) is 0 Å². The first-order chi connectivity index (χ1) is 11.2. The number of fused-ring (bicyclic) bond motifs is 1. The molecule has 1 saturated heterocycles. The van der Waals surface area contributed by atoms with E-state index in [0.717, 1.165) is 27.9 Å². The first-order valence-corrected chi connectivity index (χ1v) is 8.88. The molecule has 0 unspecified atom stereocenters. The Morgan fingerprint density at radius 3 is 2.83 bits per heavy atom. The zero-order valence-corrected chi connectivity index (χ0v) is 15.3. The molecule has 1 amide bonds. The molecule has 0 spiro atoms. The molecule has 1 N–H and O–H groups in total. The monoisotopic (exact) mass is 363 g/mol. The van der Waals surface area contributed by atoms with Crippen molar-refractivity contribution in [3.05, 3.63) is 22.4 Å². The molecule has 3 rings (SSSR count). The maximum Gasteiger partial charge on any atom is 0.408 e. The fourth-order valence-corrected chi connectivity index (χ4v) is 4.32. The van der Waals surface area contributed by atoms with Crippen LogP contribution in [0.15, 0.2) is 12.4 Å². The van der Waals surface area contributed by atoms with E-state index in [9.17, 15) is 9.90 Å². The van der Waals surface area contributed by atoms with E-state index in [1.54, 1.807) is 0 Å². The van der Waals surface area contributed by atoms with E-state index in [0.29, 0.717) is 11.7 Å². The molecule has 126 valence electrons. The van der Waals surface area contributed by atoms with Gasteiger partial charge in [-0.25, -0.2) is 14.8 Å². The van der Waals surface area contributed by atoms with Crippen LogP contribution in [0.25, 0.3) is 10.2 Å². The summed E-state index contributed by atoms with van der Waals surface area (Å²) in [5.41, 5.74) is -0.979. The van der Waals surface area contributed by atoms with Crippen LogP contribution in [0, 0.1) is 17.3 Å². The maximum atomic E-state index is 11.7. The maximum absolute atomic E-state index is 11.7. The van der Waals surface area contributed by atoms with Gasteiger partial charge in [-0.1, -0.05) is 44.2 Å². The summed E-state index contributed by atoms with van der Waals surface area (Å²) in [4.78, 5) is 22.9. The molecular formula is C17H18ClN3O2S. The molecule has 5 nitrogen and oxygen atoms in total. The van der Waals surface area contributed by atoms with Crippen molar-refractivity contribution < 1.29 is 9.90 Å². The summed E-state index contributed by atoms with van der Waals surface area (Å²) in [6.07, 6.45) is 2.07. The SMILES string of the molecule is CC(C)(C)[C@@]1(C#Cc2cc3c(Cl)ncnc3s2)CCCN1C(=O)O. The van der Waals surface area contributed by atoms with Gasteiger partial charge in [0.2, 0.25) is 0 Å². The fourth-order valence-electron chi connectivity index (χ4n) is 3.23. The van der Waals surface area contributed by atoms with Crippen LogP contribution in [-0.4, -0.2) is 38.2 Å². The zero-order chi connectivity index (χ0) is 17.5. The second-order valence-corrected chi connectivity index (χ2v) is 8.28. The summed E-state index contributed by atoms with van der Waals surface area (Å²) < 4.78 is 0. The Hall–Kier alpha value is -1.84. The quantitative estimate of drug-likeness (QED) is 0.561. The van der Waals surface area contributed by atoms with Gasteiger partial charge in [-0.2, -0.15) is 0 Å². The van der Waals surface area contributed by atoms with Crippen LogP contribution in [0.1, 0.15) is 38.5 Å². The summed E-state index contributed by atoms with van der Waals surface area (Å²) in [5, 5.41) is 10.8. The van der Waals surface area contributed by atoms with Crippen LogP contribution in [0.3, 0.4) is 0 Å². The van der Waals surface area contributed by atoms with Crippen LogP contribution >= 0.6 is 22.9 Å². The minimum Gasteiger partial charge on any atom is -0.465 e. The number of thiophene rings is 1. The number of carboxylic acid groups (broad SMARTS) is 1. The summed E-state index contributed by atoms with van der Waals surface area (Å²) in [6, 6.07) is 1.87. The average molecular weight is 364 g/mol. The normalized spacial score (nSPS) is 20.9. The van der Waals surface area contributed by atoms with E-state index in [1.165, 1.54) is 22.6 Å². The molecule has 1 atom stereocenters.